The van der Waals surface area contributed by atoms with E-state index in [-0.39, 0.29) is 0 Å². The molecular weight excluding hydrogens is 352 g/mol. The third kappa shape index (κ3) is 7.96. The highest BCUT2D eigenvalue weighted by Crippen LogP contribution is 2.13. The van der Waals surface area contributed by atoms with Gasteiger partial charge < -0.3 is 5.32 Å². The van der Waals surface area contributed by atoms with Crippen LogP contribution in [0, 0.1) is 0 Å². The average molecular weight is 377 g/mol. The number of benzene rings is 2. The largest absolute Gasteiger partial charge is 0.471 e. The maximum absolute atomic E-state index is 12.0. The molecule has 2 aromatic rings. The van der Waals surface area contributed by atoms with Gasteiger partial charge in [-0.1, -0.05) is 36.4 Å². The van der Waals surface area contributed by atoms with Crippen LogP contribution in [-0.2, 0) is 9.13 Å². The summed E-state index contributed by atoms with van der Waals surface area (Å²) in [4.78, 5) is 0. The van der Waals surface area contributed by atoms with E-state index in [1.807, 2.05) is 60.7 Å². The molecule has 0 heterocycles. The molecule has 0 aliphatic heterocycles. The van der Waals surface area contributed by atoms with Crippen LogP contribution in [0.5, 0.6) is 0 Å². The fourth-order valence-electron chi connectivity index (χ4n) is 2.22. The number of nitrogens with one attached hydrogen (secondary N) is 3. The predicted molar refractivity (Wildman–Crippen MR) is 105 cm³/mol. The normalized spacial score (nSPS) is 12.0. The third-order valence-electron chi connectivity index (χ3n) is 3.55. The third-order valence-corrected chi connectivity index (χ3v) is 6.11. The van der Waals surface area contributed by atoms with E-state index in [4.69, 9.17) is 0 Å². The zero-order valence-corrected chi connectivity index (χ0v) is 16.0. The van der Waals surface area contributed by atoms with E-state index in [1.165, 1.54) is 0 Å². The Hall–Kier alpha value is -1.48. The maximum atomic E-state index is 12.0. The van der Waals surface area contributed by atoms with E-state index in [1.54, 1.807) is 0 Å². The second-order valence-corrected chi connectivity index (χ2v) is 8.38. The second-order valence-electron chi connectivity index (χ2n) is 5.53. The molecule has 2 unspecified atom stereocenters. The molecule has 0 bridgehead atoms. The van der Waals surface area contributed by atoms with Crippen molar-refractivity contribution < 1.29 is 9.13 Å². The lowest BCUT2D eigenvalue weighted by atomic mass is 10.4. The van der Waals surface area contributed by atoms with Crippen molar-refractivity contribution in [3.8, 4) is 0 Å². The molecule has 3 N–H and O–H groups in total. The van der Waals surface area contributed by atoms with E-state index in [0.29, 0.717) is 0 Å². The van der Waals surface area contributed by atoms with E-state index in [2.05, 4.69) is 15.5 Å². The minimum atomic E-state index is -1.51. The standard InChI is InChI=1S/C18H25N3O2P2/c22-24(17-9-3-1-4-10-17)20-15-7-13-19-14-8-16-21-25(23)18-11-5-2-6-12-18/h1-6,9-12,19H,7-8,13-16H2,(H,20,22)(H,21,23)/q+2. The molecule has 0 fully saturated rings. The Morgan fingerprint density at radius 2 is 1.00 bits per heavy atom. The molecule has 0 amide bonds. The van der Waals surface area contributed by atoms with Crippen LogP contribution in [0.15, 0.2) is 60.7 Å². The molecular formula is C18H25N3O2P2+2. The summed E-state index contributed by atoms with van der Waals surface area (Å²) in [5.74, 6) is 0. The minimum Gasteiger partial charge on any atom is -0.317 e. The quantitative estimate of drug-likeness (QED) is 0.392. The molecule has 0 saturated heterocycles. The summed E-state index contributed by atoms with van der Waals surface area (Å²) in [6, 6.07) is 18.9. The topological polar surface area (TPSA) is 70.2 Å². The fourth-order valence-corrected chi connectivity index (χ4v) is 4.20. The van der Waals surface area contributed by atoms with Gasteiger partial charge in [0.25, 0.3) is 0 Å². The Morgan fingerprint density at radius 3 is 1.40 bits per heavy atom. The van der Waals surface area contributed by atoms with Gasteiger partial charge in [0.15, 0.2) is 0 Å². The summed E-state index contributed by atoms with van der Waals surface area (Å²) >= 11 is 0. The SMILES string of the molecule is O=[P+](NCCCNCCCN[P+](=O)c1ccccc1)c1ccccc1. The first-order chi connectivity index (χ1) is 12.3. The molecule has 132 valence electrons. The summed E-state index contributed by atoms with van der Waals surface area (Å²) in [7, 11) is -3.01. The van der Waals surface area contributed by atoms with E-state index in [0.717, 1.165) is 49.6 Å². The smallest absolute Gasteiger partial charge is 0.317 e. The van der Waals surface area contributed by atoms with Gasteiger partial charge in [-0.2, -0.15) is 0 Å². The molecule has 25 heavy (non-hydrogen) atoms. The van der Waals surface area contributed by atoms with Gasteiger partial charge in [0.1, 0.15) is 0 Å². The molecule has 5 nitrogen and oxygen atoms in total. The van der Waals surface area contributed by atoms with Crippen molar-refractivity contribution in [1.29, 1.82) is 0 Å². The molecule has 0 aromatic heterocycles. The van der Waals surface area contributed by atoms with E-state index < -0.39 is 15.9 Å². The van der Waals surface area contributed by atoms with Crippen LogP contribution in [0.3, 0.4) is 0 Å². The van der Waals surface area contributed by atoms with Crippen LogP contribution in [-0.4, -0.2) is 26.2 Å². The highest BCUT2D eigenvalue weighted by molar-refractivity contribution is 7.51. The Labute approximate surface area is 151 Å². The Kier molecular flexibility index (Phi) is 9.50. The summed E-state index contributed by atoms with van der Waals surface area (Å²) in [5, 5.41) is 11.1. The number of hydrogen-bond donors (Lipinski definition) is 3. The summed E-state index contributed by atoms with van der Waals surface area (Å²) in [6.45, 7) is 3.18. The number of hydrogen-bond acceptors (Lipinski definition) is 3. The zero-order chi connectivity index (χ0) is 17.7. The Balaban J connectivity index is 1.45. The van der Waals surface area contributed by atoms with Gasteiger partial charge >= 0.3 is 15.9 Å². The first kappa shape index (κ1) is 19.8. The lowest BCUT2D eigenvalue weighted by Crippen LogP contribution is -2.23. The van der Waals surface area contributed by atoms with Gasteiger partial charge in [0.05, 0.1) is 0 Å². The van der Waals surface area contributed by atoms with Crippen molar-refractivity contribution in [2.45, 2.75) is 12.8 Å². The van der Waals surface area contributed by atoms with Crippen molar-refractivity contribution in [2.75, 3.05) is 26.2 Å². The predicted octanol–water partition coefficient (Wildman–Crippen LogP) is 2.67. The number of rotatable bonds is 12. The summed E-state index contributed by atoms with van der Waals surface area (Å²) in [6.07, 6.45) is 1.83. The van der Waals surface area contributed by atoms with Crippen molar-refractivity contribution in [1.82, 2.24) is 15.5 Å². The minimum absolute atomic E-state index is 0.717. The van der Waals surface area contributed by atoms with Gasteiger partial charge in [0.2, 0.25) is 10.6 Å². The maximum Gasteiger partial charge on any atom is 0.471 e. The van der Waals surface area contributed by atoms with Crippen LogP contribution in [0.4, 0.5) is 0 Å². The lowest BCUT2D eigenvalue weighted by Gasteiger charge is -2.02. The van der Waals surface area contributed by atoms with Crippen LogP contribution >= 0.6 is 15.9 Å². The summed E-state index contributed by atoms with van der Waals surface area (Å²) in [5.41, 5.74) is 0. The lowest BCUT2D eigenvalue weighted by molar-refractivity contribution is 0.574. The van der Waals surface area contributed by atoms with Crippen LogP contribution in [0.2, 0.25) is 0 Å². The molecule has 7 heteroatoms. The van der Waals surface area contributed by atoms with Gasteiger partial charge in [-0.25, -0.2) is 0 Å². The van der Waals surface area contributed by atoms with Crippen molar-refractivity contribution in [2.24, 2.45) is 0 Å². The van der Waals surface area contributed by atoms with Gasteiger partial charge in [0, 0.05) is 13.1 Å². The fraction of sp³-hybridized carbons (Fsp3) is 0.333. The first-order valence-electron chi connectivity index (χ1n) is 8.50. The van der Waals surface area contributed by atoms with E-state index in [9.17, 15) is 9.13 Å². The molecule has 2 aromatic carbocycles. The van der Waals surface area contributed by atoms with Gasteiger partial charge in [-0.3, -0.25) is 0 Å². The Bertz CT molecular complexity index is 596. The second kappa shape index (κ2) is 12.0. The molecule has 0 radical (unpaired) electrons. The molecule has 0 spiro atoms. The Morgan fingerprint density at radius 1 is 0.600 bits per heavy atom. The summed E-state index contributed by atoms with van der Waals surface area (Å²) < 4.78 is 24.0. The van der Waals surface area contributed by atoms with Crippen molar-refractivity contribution in [3.63, 3.8) is 0 Å². The average Bonchev–Trinajstić information content (AvgIpc) is 2.67. The first-order valence-corrected chi connectivity index (χ1v) is 11.0. The molecule has 0 aliphatic carbocycles. The highest BCUT2D eigenvalue weighted by Gasteiger charge is 2.18. The van der Waals surface area contributed by atoms with Crippen molar-refractivity contribution in [3.05, 3.63) is 60.7 Å². The van der Waals surface area contributed by atoms with Gasteiger partial charge in [-0.05, 0) is 59.3 Å². The van der Waals surface area contributed by atoms with Gasteiger partial charge in [-0.15, -0.1) is 10.2 Å². The van der Waals surface area contributed by atoms with Crippen LogP contribution in [0.25, 0.3) is 0 Å². The highest BCUT2D eigenvalue weighted by atomic mass is 31.1. The molecule has 2 atom stereocenters. The van der Waals surface area contributed by atoms with E-state index >= 15 is 0 Å². The van der Waals surface area contributed by atoms with Crippen LogP contribution < -0.4 is 26.1 Å². The van der Waals surface area contributed by atoms with Crippen molar-refractivity contribution >= 4 is 26.5 Å². The zero-order valence-electron chi connectivity index (χ0n) is 14.2. The monoisotopic (exact) mass is 377 g/mol. The molecule has 0 aliphatic rings. The molecule has 0 saturated carbocycles. The molecule has 2 rings (SSSR count). The van der Waals surface area contributed by atoms with Crippen LogP contribution in [0.1, 0.15) is 12.8 Å².